The molecule has 0 saturated carbocycles. The van der Waals surface area contributed by atoms with Gasteiger partial charge in [-0.2, -0.15) is 6.42 Å². The molecular weight excluding hydrogens is 173 g/mol. The Balaban J connectivity index is 0.000000490. The minimum Gasteiger partial charge on any atom is -0.493 e. The van der Waals surface area contributed by atoms with E-state index in [9.17, 15) is 0 Å². The third-order valence-corrected chi connectivity index (χ3v) is 1.11. The Labute approximate surface area is 75.9 Å². The van der Waals surface area contributed by atoms with Crippen molar-refractivity contribution in [3.63, 3.8) is 0 Å². The second-order valence-corrected chi connectivity index (χ2v) is 1.84. The van der Waals surface area contributed by atoms with E-state index in [2.05, 4.69) is 25.2 Å². The van der Waals surface area contributed by atoms with Gasteiger partial charge in [0.25, 0.3) is 0 Å². The molecular formula is C7H9Y-. The van der Waals surface area contributed by atoms with E-state index in [1.165, 1.54) is 5.57 Å². The van der Waals surface area contributed by atoms with Crippen LogP contribution in [0.15, 0.2) is 17.7 Å². The fourth-order valence-electron chi connectivity index (χ4n) is 0.649. The smallest absolute Gasteiger partial charge is 0 e. The van der Waals surface area contributed by atoms with E-state index in [0.29, 0.717) is 0 Å². The van der Waals surface area contributed by atoms with E-state index in [0.717, 1.165) is 12.8 Å². The van der Waals surface area contributed by atoms with Gasteiger partial charge in [-0.25, -0.2) is 0 Å². The van der Waals surface area contributed by atoms with Gasteiger partial charge < -0.3 is 6.08 Å². The van der Waals surface area contributed by atoms with Crippen molar-refractivity contribution in [3.05, 3.63) is 23.8 Å². The van der Waals surface area contributed by atoms with Gasteiger partial charge in [-0.05, 0) is 6.42 Å². The van der Waals surface area contributed by atoms with E-state index >= 15 is 0 Å². The topological polar surface area (TPSA) is 0 Å². The normalized spacial score (nSPS) is 16.9. The van der Waals surface area contributed by atoms with Crippen molar-refractivity contribution in [2.45, 2.75) is 19.8 Å². The van der Waals surface area contributed by atoms with E-state index in [1.54, 1.807) is 0 Å². The summed E-state index contributed by atoms with van der Waals surface area (Å²) in [7, 11) is 0. The zero-order valence-electron chi connectivity index (χ0n) is 5.15. The Kier molecular flexibility index (Phi) is 4.79. The predicted molar refractivity (Wildman–Crippen MR) is 30.8 cm³/mol. The SMILES string of the molecule is CC1=[C-]CC=CC1.[Y]. The Morgan fingerprint density at radius 1 is 1.50 bits per heavy atom. The molecule has 1 rings (SSSR count). The van der Waals surface area contributed by atoms with Gasteiger partial charge in [-0.3, -0.25) is 5.57 Å². The fraction of sp³-hybridized carbons (Fsp3) is 0.429. The van der Waals surface area contributed by atoms with Gasteiger partial charge in [0.15, 0.2) is 0 Å². The first kappa shape index (κ1) is 8.58. The summed E-state index contributed by atoms with van der Waals surface area (Å²) in [6.45, 7) is 2.11. The average molecular weight is 182 g/mol. The minimum atomic E-state index is 0. The van der Waals surface area contributed by atoms with E-state index in [4.69, 9.17) is 0 Å². The Bertz CT molecular complexity index is 112. The summed E-state index contributed by atoms with van der Waals surface area (Å²) in [5.41, 5.74) is 1.38. The van der Waals surface area contributed by atoms with Crippen LogP contribution in [0, 0.1) is 6.08 Å². The van der Waals surface area contributed by atoms with Crippen LogP contribution in [0.3, 0.4) is 0 Å². The summed E-state index contributed by atoms with van der Waals surface area (Å²) in [6, 6.07) is 0. The summed E-state index contributed by atoms with van der Waals surface area (Å²) in [6.07, 6.45) is 9.67. The van der Waals surface area contributed by atoms with Gasteiger partial charge in [0.1, 0.15) is 0 Å². The molecule has 0 fully saturated rings. The zero-order valence-corrected chi connectivity index (χ0v) is 7.98. The van der Waals surface area contributed by atoms with Crippen LogP contribution in [0.1, 0.15) is 19.8 Å². The molecule has 0 N–H and O–H groups in total. The standard InChI is InChI=1S/C7H9.Y/c1-7-5-3-2-4-6-7;/h2-3H,4-5H2,1H3;/q-1;. The maximum atomic E-state index is 3.21. The molecule has 1 radical (unpaired) electrons. The number of hydrogen-bond donors (Lipinski definition) is 0. The minimum absolute atomic E-state index is 0. The van der Waals surface area contributed by atoms with Crippen molar-refractivity contribution in [2.24, 2.45) is 0 Å². The molecule has 8 heavy (non-hydrogen) atoms. The molecule has 41 valence electrons. The van der Waals surface area contributed by atoms with Crippen molar-refractivity contribution in [1.29, 1.82) is 0 Å². The van der Waals surface area contributed by atoms with Crippen LogP contribution in [0.4, 0.5) is 0 Å². The second kappa shape index (κ2) is 4.46. The predicted octanol–water partition coefficient (Wildman–Crippen LogP) is 2.08. The fourth-order valence-corrected chi connectivity index (χ4v) is 0.649. The second-order valence-electron chi connectivity index (χ2n) is 1.84. The summed E-state index contributed by atoms with van der Waals surface area (Å²) < 4.78 is 0. The number of allylic oxidation sites excluding steroid dienone is 4. The van der Waals surface area contributed by atoms with Gasteiger partial charge >= 0.3 is 0 Å². The summed E-state index contributed by atoms with van der Waals surface area (Å²) in [4.78, 5) is 0. The Morgan fingerprint density at radius 3 is 2.50 bits per heavy atom. The molecule has 0 amide bonds. The van der Waals surface area contributed by atoms with Gasteiger partial charge in [-0.1, -0.05) is 13.0 Å². The largest absolute Gasteiger partial charge is 0.493 e. The first-order chi connectivity index (χ1) is 3.39. The van der Waals surface area contributed by atoms with Crippen LogP contribution in [-0.4, -0.2) is 0 Å². The van der Waals surface area contributed by atoms with Crippen molar-refractivity contribution < 1.29 is 32.7 Å². The van der Waals surface area contributed by atoms with E-state index in [-0.39, 0.29) is 32.7 Å². The molecule has 0 nitrogen and oxygen atoms in total. The Morgan fingerprint density at radius 2 is 2.25 bits per heavy atom. The summed E-state index contributed by atoms with van der Waals surface area (Å²) in [5, 5.41) is 0. The molecule has 0 aliphatic heterocycles. The summed E-state index contributed by atoms with van der Waals surface area (Å²) >= 11 is 0. The van der Waals surface area contributed by atoms with E-state index < -0.39 is 0 Å². The van der Waals surface area contributed by atoms with Gasteiger partial charge in [0, 0.05) is 32.7 Å². The average Bonchev–Trinajstić information content (AvgIpc) is 1.69. The summed E-state index contributed by atoms with van der Waals surface area (Å²) in [5.74, 6) is 0. The molecule has 0 aromatic heterocycles. The van der Waals surface area contributed by atoms with Crippen LogP contribution in [0.5, 0.6) is 0 Å². The van der Waals surface area contributed by atoms with Gasteiger partial charge in [0.05, 0.1) is 0 Å². The quantitative estimate of drug-likeness (QED) is 0.397. The molecule has 1 aliphatic carbocycles. The number of rotatable bonds is 0. The monoisotopic (exact) mass is 182 g/mol. The van der Waals surface area contributed by atoms with Gasteiger partial charge in [0.2, 0.25) is 0 Å². The van der Waals surface area contributed by atoms with Crippen LogP contribution in [0.25, 0.3) is 0 Å². The first-order valence-electron chi connectivity index (χ1n) is 2.61. The molecule has 0 aromatic rings. The molecule has 0 heterocycles. The molecule has 0 aromatic carbocycles. The van der Waals surface area contributed by atoms with Crippen LogP contribution < -0.4 is 0 Å². The van der Waals surface area contributed by atoms with Crippen LogP contribution >= 0.6 is 0 Å². The molecule has 0 saturated heterocycles. The molecule has 1 heteroatoms. The zero-order chi connectivity index (χ0) is 5.11. The van der Waals surface area contributed by atoms with Gasteiger partial charge in [-0.15, -0.1) is 6.08 Å². The third kappa shape index (κ3) is 2.79. The number of hydrogen-bond acceptors (Lipinski definition) is 0. The molecule has 0 atom stereocenters. The molecule has 0 spiro atoms. The van der Waals surface area contributed by atoms with Crippen molar-refractivity contribution in [3.8, 4) is 0 Å². The van der Waals surface area contributed by atoms with Crippen molar-refractivity contribution in [1.82, 2.24) is 0 Å². The molecule has 0 unspecified atom stereocenters. The maximum absolute atomic E-state index is 3.21. The Hall–Kier alpha value is 0.584. The maximum Gasteiger partial charge on any atom is 0 e. The van der Waals surface area contributed by atoms with Crippen molar-refractivity contribution >= 4 is 0 Å². The van der Waals surface area contributed by atoms with Crippen LogP contribution in [-0.2, 0) is 32.7 Å². The first-order valence-corrected chi connectivity index (χ1v) is 2.61. The molecule has 0 bridgehead atoms. The van der Waals surface area contributed by atoms with Crippen molar-refractivity contribution in [2.75, 3.05) is 0 Å². The van der Waals surface area contributed by atoms with Crippen LogP contribution in [0.2, 0.25) is 0 Å². The molecule has 1 aliphatic rings. The van der Waals surface area contributed by atoms with E-state index in [1.807, 2.05) is 0 Å². The third-order valence-electron chi connectivity index (χ3n) is 1.11.